The predicted octanol–water partition coefficient (Wildman–Crippen LogP) is -0.116. The molecule has 0 amide bonds. The van der Waals surface area contributed by atoms with E-state index in [0.29, 0.717) is 13.0 Å². The van der Waals surface area contributed by atoms with Crippen LogP contribution in [0.25, 0.3) is 10.9 Å². The van der Waals surface area contributed by atoms with Crippen LogP contribution >= 0.6 is 0 Å². The molecule has 0 bridgehead atoms. The van der Waals surface area contributed by atoms with Crippen molar-refractivity contribution in [2.75, 3.05) is 43.0 Å². The minimum Gasteiger partial charge on any atom is -0.477 e. The summed E-state index contributed by atoms with van der Waals surface area (Å²) in [5, 5.41) is 10.8. The summed E-state index contributed by atoms with van der Waals surface area (Å²) in [5.74, 6) is -2.00. The summed E-state index contributed by atoms with van der Waals surface area (Å²) in [5.41, 5.74) is -0.875. The molecule has 1 aromatic carbocycles. The average Bonchev–Trinajstić information content (AvgIpc) is 3.05. The lowest BCUT2D eigenvalue weighted by atomic mass is 10.1. The van der Waals surface area contributed by atoms with Gasteiger partial charge in [-0.1, -0.05) is 0 Å². The molecule has 1 saturated heterocycles. The SMILES string of the molecule is CN1COc2c(N3CCC(NS(C)(=O)=O)C3)c(F)cc3c(=O)c(C(=O)O)cn1c23. The first-order valence-electron chi connectivity index (χ1n) is 8.78. The largest absolute Gasteiger partial charge is 0.477 e. The highest BCUT2D eigenvalue weighted by molar-refractivity contribution is 7.88. The number of carboxylic acids is 1. The molecule has 1 aromatic heterocycles. The van der Waals surface area contributed by atoms with Gasteiger partial charge in [-0.15, -0.1) is 0 Å². The zero-order valence-electron chi connectivity index (χ0n) is 15.7. The third kappa shape index (κ3) is 3.27. The van der Waals surface area contributed by atoms with E-state index >= 15 is 4.39 Å². The van der Waals surface area contributed by atoms with Gasteiger partial charge in [0.1, 0.15) is 16.8 Å². The van der Waals surface area contributed by atoms with Crippen molar-refractivity contribution in [1.29, 1.82) is 0 Å². The summed E-state index contributed by atoms with van der Waals surface area (Å²) < 4.78 is 47.8. The average molecular weight is 426 g/mol. The van der Waals surface area contributed by atoms with Crippen LogP contribution in [0, 0.1) is 5.82 Å². The fourth-order valence-corrected chi connectivity index (χ4v) is 4.63. The summed E-state index contributed by atoms with van der Waals surface area (Å²) in [6.07, 6.45) is 2.74. The minimum atomic E-state index is -3.40. The molecule has 10 nitrogen and oxygen atoms in total. The summed E-state index contributed by atoms with van der Waals surface area (Å²) in [6.45, 7) is 0.637. The lowest BCUT2D eigenvalue weighted by molar-refractivity contribution is 0.0694. The highest BCUT2D eigenvalue weighted by Crippen LogP contribution is 2.41. The van der Waals surface area contributed by atoms with Crippen LogP contribution in [0.2, 0.25) is 0 Å². The number of rotatable bonds is 4. The Hall–Kier alpha value is -2.86. The first-order valence-corrected chi connectivity index (χ1v) is 10.7. The number of anilines is 1. The van der Waals surface area contributed by atoms with Gasteiger partial charge in [0, 0.05) is 32.4 Å². The fraction of sp³-hybridized carbons (Fsp3) is 0.412. The Labute approximate surface area is 165 Å². The van der Waals surface area contributed by atoms with Gasteiger partial charge in [0.25, 0.3) is 0 Å². The number of nitrogens with one attached hydrogen (secondary N) is 1. The van der Waals surface area contributed by atoms with Gasteiger partial charge < -0.3 is 14.7 Å². The number of carbonyl (C=O) groups is 1. The number of nitrogens with zero attached hydrogens (tertiary/aromatic N) is 3. The second kappa shape index (κ2) is 6.59. The van der Waals surface area contributed by atoms with Crippen molar-refractivity contribution in [2.24, 2.45) is 0 Å². The molecule has 0 radical (unpaired) electrons. The molecule has 156 valence electrons. The highest BCUT2D eigenvalue weighted by atomic mass is 32.2. The summed E-state index contributed by atoms with van der Waals surface area (Å²) in [6, 6.07) is 0.634. The zero-order valence-corrected chi connectivity index (χ0v) is 16.5. The number of sulfonamides is 1. The molecule has 1 unspecified atom stereocenters. The number of pyridine rings is 1. The van der Waals surface area contributed by atoms with Gasteiger partial charge in [0.2, 0.25) is 15.5 Å². The summed E-state index contributed by atoms with van der Waals surface area (Å²) in [4.78, 5) is 25.7. The summed E-state index contributed by atoms with van der Waals surface area (Å²) >= 11 is 0. The smallest absolute Gasteiger partial charge is 0.341 e. The van der Waals surface area contributed by atoms with Crippen LogP contribution in [-0.4, -0.2) is 63.3 Å². The van der Waals surface area contributed by atoms with Gasteiger partial charge in [0.15, 0.2) is 18.3 Å². The normalized spacial score (nSPS) is 18.9. The number of carboxylic acid groups (broad SMARTS) is 1. The maximum atomic E-state index is 15.1. The first kappa shape index (κ1) is 19.5. The maximum absolute atomic E-state index is 15.1. The summed E-state index contributed by atoms with van der Waals surface area (Å²) in [7, 11) is -1.76. The van der Waals surface area contributed by atoms with Crippen LogP contribution in [0.4, 0.5) is 10.1 Å². The van der Waals surface area contributed by atoms with Crippen molar-refractivity contribution >= 4 is 32.6 Å². The Kier molecular flexibility index (Phi) is 4.42. The Morgan fingerprint density at radius 2 is 2.14 bits per heavy atom. The Morgan fingerprint density at radius 1 is 1.41 bits per heavy atom. The van der Waals surface area contributed by atoms with Crippen LogP contribution in [0.3, 0.4) is 0 Å². The van der Waals surface area contributed by atoms with Gasteiger partial charge in [-0.05, 0) is 12.5 Å². The highest BCUT2D eigenvalue weighted by Gasteiger charge is 2.33. The van der Waals surface area contributed by atoms with Crippen molar-refractivity contribution in [2.45, 2.75) is 12.5 Å². The van der Waals surface area contributed by atoms with E-state index in [9.17, 15) is 23.1 Å². The second-order valence-corrected chi connectivity index (χ2v) is 8.99. The molecule has 2 aliphatic rings. The molecular weight excluding hydrogens is 407 g/mol. The Morgan fingerprint density at radius 3 is 2.79 bits per heavy atom. The number of hydrogen-bond donors (Lipinski definition) is 2. The molecule has 0 saturated carbocycles. The van der Waals surface area contributed by atoms with E-state index in [1.807, 2.05) is 0 Å². The third-order valence-corrected chi connectivity index (χ3v) is 5.79. The molecule has 2 N–H and O–H groups in total. The Bertz CT molecular complexity index is 1190. The van der Waals surface area contributed by atoms with E-state index < -0.39 is 32.8 Å². The molecule has 12 heteroatoms. The monoisotopic (exact) mass is 426 g/mol. The predicted molar refractivity (Wildman–Crippen MR) is 103 cm³/mol. The Balaban J connectivity index is 1.88. The molecule has 3 heterocycles. The second-order valence-electron chi connectivity index (χ2n) is 7.21. The number of ether oxygens (including phenoxy) is 1. The minimum absolute atomic E-state index is 0.0132. The van der Waals surface area contributed by atoms with Gasteiger partial charge in [-0.3, -0.25) is 14.5 Å². The van der Waals surface area contributed by atoms with Crippen molar-refractivity contribution in [3.8, 4) is 5.75 Å². The van der Waals surface area contributed by atoms with Gasteiger partial charge in [-0.2, -0.15) is 0 Å². The van der Waals surface area contributed by atoms with Gasteiger partial charge in [0.05, 0.1) is 11.6 Å². The molecule has 4 rings (SSSR count). The van der Waals surface area contributed by atoms with E-state index in [2.05, 4.69) is 4.72 Å². The van der Waals surface area contributed by atoms with Crippen LogP contribution in [0.5, 0.6) is 5.75 Å². The van der Waals surface area contributed by atoms with Crippen LogP contribution < -0.4 is 24.8 Å². The standard InChI is InChI=1S/C17H19FN4O6S/c1-20-8-28-16-13-10(15(23)11(17(24)25)7-22(13)20)5-12(18)14(16)21-4-3-9(6-21)19-29(2,26)27/h5,7,9,19H,3-4,6,8H2,1-2H3,(H,24,25). The fourth-order valence-electron chi connectivity index (χ4n) is 3.83. The number of aromatic nitrogens is 1. The van der Waals surface area contributed by atoms with Crippen molar-refractivity contribution in [3.63, 3.8) is 0 Å². The molecule has 1 atom stereocenters. The van der Waals surface area contributed by atoms with E-state index in [1.54, 1.807) is 17.0 Å². The van der Waals surface area contributed by atoms with Crippen LogP contribution in [0.1, 0.15) is 16.8 Å². The lowest BCUT2D eigenvalue weighted by Gasteiger charge is -2.33. The van der Waals surface area contributed by atoms with Crippen LogP contribution in [0.15, 0.2) is 17.1 Å². The molecular formula is C17H19FN4O6S. The zero-order chi connectivity index (χ0) is 21.1. The molecule has 2 aromatic rings. The molecule has 1 fully saturated rings. The van der Waals surface area contributed by atoms with Gasteiger partial charge in [-0.25, -0.2) is 22.3 Å². The third-order valence-electron chi connectivity index (χ3n) is 5.03. The van der Waals surface area contributed by atoms with E-state index in [4.69, 9.17) is 4.74 Å². The molecule has 29 heavy (non-hydrogen) atoms. The van der Waals surface area contributed by atoms with Crippen molar-refractivity contribution < 1.29 is 27.4 Å². The van der Waals surface area contributed by atoms with E-state index in [-0.39, 0.29) is 41.7 Å². The van der Waals surface area contributed by atoms with Crippen molar-refractivity contribution in [3.05, 3.63) is 33.9 Å². The number of halogens is 1. The number of benzene rings is 1. The lowest BCUT2D eigenvalue weighted by Crippen LogP contribution is -2.40. The first-order chi connectivity index (χ1) is 13.6. The number of hydrogen-bond acceptors (Lipinski definition) is 7. The van der Waals surface area contributed by atoms with E-state index in [1.165, 1.54) is 10.9 Å². The quantitative estimate of drug-likeness (QED) is 0.695. The van der Waals surface area contributed by atoms with Gasteiger partial charge >= 0.3 is 5.97 Å². The number of aromatic carboxylic acids is 1. The maximum Gasteiger partial charge on any atom is 0.341 e. The molecule has 2 aliphatic heterocycles. The molecule has 0 aliphatic carbocycles. The molecule has 0 spiro atoms. The van der Waals surface area contributed by atoms with Crippen molar-refractivity contribution in [1.82, 2.24) is 9.40 Å². The van der Waals surface area contributed by atoms with Crippen LogP contribution in [-0.2, 0) is 10.0 Å². The topological polar surface area (TPSA) is 121 Å². The van der Waals surface area contributed by atoms with E-state index in [0.717, 1.165) is 12.3 Å².